The second-order valence-electron chi connectivity index (χ2n) is 24.2. The summed E-state index contributed by atoms with van der Waals surface area (Å²) in [6.45, 7) is 7.44. The quantitative estimate of drug-likeness (QED) is 0.0414. The van der Waals surface area contributed by atoms with Crippen molar-refractivity contribution in [3.8, 4) is 0 Å². The van der Waals surface area contributed by atoms with E-state index in [-0.39, 0.29) is 134 Å². The number of hydrogen-bond donors (Lipinski definition) is 12. The van der Waals surface area contributed by atoms with Crippen molar-refractivity contribution in [1.29, 1.82) is 0 Å². The molecule has 12 N–H and O–H groups in total. The maximum Gasteiger partial charge on any atom is 0.326 e. The molecule has 3 saturated heterocycles. The monoisotopic (exact) mass is 1500 g/mol. The first-order valence-electron chi connectivity index (χ1n) is 32.6. The molecule has 1 aromatic heterocycles. The Balaban J connectivity index is 0.0000192. The molecule has 3 aliphatic heterocycles. The van der Waals surface area contributed by atoms with Crippen LogP contribution >= 0.6 is 0 Å². The van der Waals surface area contributed by atoms with Crippen LogP contribution in [0.4, 0.5) is 28.3 Å². The van der Waals surface area contributed by atoms with Gasteiger partial charge in [0.15, 0.2) is 0 Å². The number of hydrogen-bond acceptors (Lipinski definition) is 22. The number of piperazine rings is 2. The van der Waals surface area contributed by atoms with Gasteiger partial charge in [0.2, 0.25) is 23.8 Å². The molecule has 4 heterocycles. The third kappa shape index (κ3) is 33.1. The number of aliphatic carboxylic acids is 8. The average Bonchev–Trinajstić information content (AvgIpc) is 0.818. The molecule has 33 nitrogen and oxygen atoms in total. The van der Waals surface area contributed by atoms with Crippen LogP contribution < -0.4 is 31.1 Å². The number of urea groups is 1. The van der Waals surface area contributed by atoms with Crippen molar-refractivity contribution >= 4 is 83.2 Å². The van der Waals surface area contributed by atoms with E-state index in [0.29, 0.717) is 108 Å². The topological polar surface area (TPSA) is 445 Å². The second kappa shape index (κ2) is 44.0. The summed E-state index contributed by atoms with van der Waals surface area (Å²) in [7, 11) is 0. The van der Waals surface area contributed by atoms with E-state index in [0.717, 1.165) is 76.6 Å². The number of carbonyl (C=O) groups excluding carboxylic acids is 2. The van der Waals surface area contributed by atoms with Gasteiger partial charge in [-0.3, -0.25) is 63.0 Å². The summed E-state index contributed by atoms with van der Waals surface area (Å²) in [4.78, 5) is 148. The van der Waals surface area contributed by atoms with E-state index < -0.39 is 78.3 Å². The first-order chi connectivity index (χ1) is 45.0. The fraction of sp³-hybridized carbons (Fsp3) is 0.689. The minimum atomic E-state index is -1.50. The van der Waals surface area contributed by atoms with Gasteiger partial charge in [0.25, 0.3) is 0 Å². The third-order valence-electron chi connectivity index (χ3n) is 16.8. The predicted octanol–water partition coefficient (Wildman–Crippen LogP) is 1.06. The molecule has 1 aromatic carbocycles. The summed E-state index contributed by atoms with van der Waals surface area (Å²) < 4.78 is 0. The minimum Gasteiger partial charge on any atom is -0.481 e. The summed E-state index contributed by atoms with van der Waals surface area (Å²) in [5, 5.41) is 86.6. The molecular weight excluding hydrogens is 1410 g/mol. The Hall–Kier alpha value is -6.88. The normalized spacial score (nSPS) is 17.4. The van der Waals surface area contributed by atoms with Gasteiger partial charge < -0.3 is 71.9 Å². The first kappa shape index (κ1) is 80.6. The number of anilines is 4. The number of carbonyl (C=O) groups is 10. The van der Waals surface area contributed by atoms with Crippen LogP contribution in [0.1, 0.15) is 108 Å². The van der Waals surface area contributed by atoms with Gasteiger partial charge in [0.1, 0.15) is 12.1 Å². The van der Waals surface area contributed by atoms with Crippen LogP contribution in [0.5, 0.6) is 0 Å². The van der Waals surface area contributed by atoms with Gasteiger partial charge >= 0.3 is 53.8 Å². The van der Waals surface area contributed by atoms with Gasteiger partial charge in [0, 0.05) is 173 Å². The van der Waals surface area contributed by atoms with Gasteiger partial charge in [-0.2, -0.15) is 15.0 Å². The maximum absolute atomic E-state index is 12.4. The summed E-state index contributed by atoms with van der Waals surface area (Å²) in [6.07, 6.45) is 9.45. The zero-order valence-electron chi connectivity index (χ0n) is 54.0. The number of aromatic nitrogens is 3. The number of carboxylic acids is 8. The fourth-order valence-electron chi connectivity index (χ4n) is 11.6. The van der Waals surface area contributed by atoms with E-state index in [1.807, 2.05) is 24.3 Å². The number of benzene rings is 1. The molecule has 1 unspecified atom stereocenters. The van der Waals surface area contributed by atoms with Crippen LogP contribution in [0, 0.1) is 36.9 Å². The van der Waals surface area contributed by atoms with Gasteiger partial charge in [-0.05, 0) is 82.2 Å². The Morgan fingerprint density at radius 3 is 1.40 bits per heavy atom. The third-order valence-corrected chi connectivity index (χ3v) is 16.8. The van der Waals surface area contributed by atoms with E-state index in [2.05, 4.69) is 40.9 Å². The number of nitrogens with zero attached hydrogens (tertiary/aromatic N) is 11. The molecule has 0 saturated carbocycles. The molecule has 3 aliphatic rings. The van der Waals surface area contributed by atoms with E-state index in [9.17, 15) is 83.7 Å². The van der Waals surface area contributed by atoms with Gasteiger partial charge in [0.05, 0.1) is 26.2 Å². The molecule has 0 bridgehead atoms. The zero-order chi connectivity index (χ0) is 68.4. The van der Waals surface area contributed by atoms with Crippen molar-refractivity contribution < 1.29 is 126 Å². The van der Waals surface area contributed by atoms with Crippen LogP contribution in [-0.4, -0.2) is 307 Å². The number of nitrogens with one attached hydrogen (secondary N) is 4. The first-order valence-corrected chi connectivity index (χ1v) is 32.6. The van der Waals surface area contributed by atoms with Gasteiger partial charge in [-0.1, -0.05) is 50.7 Å². The SMILES string of the molecule is O=C(O)CCCN1CCN(c2nc(Nc3ccc(CC4CN(CC(=O)O)CCN(CC(=O)O)CCN(CC(=O)O)CCN4CC(=O)O)cc3)nc(N3CCN(CCCCCCCCCCC(=O)NCCCC[C@H](NC(=O)N[C@@H](CCC(=O)O)C(=O)O)C(=O)O)CC3)n2)CC1.[Lu]. The van der Waals surface area contributed by atoms with Crippen molar-refractivity contribution in [2.75, 3.05) is 159 Å². The van der Waals surface area contributed by atoms with E-state index in [1.54, 1.807) is 19.6 Å². The molecule has 95 heavy (non-hydrogen) atoms. The summed E-state index contributed by atoms with van der Waals surface area (Å²) in [6, 6.07) is 3.11. The van der Waals surface area contributed by atoms with E-state index >= 15 is 0 Å². The van der Waals surface area contributed by atoms with Crippen LogP contribution in [0.15, 0.2) is 24.3 Å². The molecule has 34 heteroatoms. The summed E-state index contributed by atoms with van der Waals surface area (Å²) >= 11 is 0. The molecule has 1 radical (unpaired) electrons. The predicted molar refractivity (Wildman–Crippen MR) is 342 cm³/mol. The summed E-state index contributed by atoms with van der Waals surface area (Å²) in [5.41, 5.74) is 1.47. The Labute approximate surface area is 582 Å². The second-order valence-corrected chi connectivity index (χ2v) is 24.2. The van der Waals surface area contributed by atoms with Gasteiger partial charge in [-0.25, -0.2) is 14.4 Å². The molecule has 3 fully saturated rings. The number of amides is 3. The Kier molecular flexibility index (Phi) is 37.4. The molecule has 0 spiro atoms. The minimum absolute atomic E-state index is 0. The van der Waals surface area contributed by atoms with Crippen LogP contribution in [0.25, 0.3) is 0 Å². The molecule has 3 amide bonds. The molecule has 5 rings (SSSR count). The molecule has 2 aromatic rings. The standard InChI is InChI=1S/C61H97N15O18.Lu/c77-49(62-21-9-8-12-47(56(90)91)64-61(94)65-48(57(92)93)19-20-51(80)81)13-7-5-3-1-2-4-6-10-22-69-28-33-74(34-29-69)59-66-58(67-60(68-59)75-35-30-70(31-36-75)23-11-14-50(78)79)63-45-17-15-44(16-18-45)38-46-39-73(42-54(86)87)27-26-71(40-52(82)83)24-25-72(41-53(84)85)32-37-76(46)43-55(88)89;/h15-18,46-48H,1-14,19-43H2,(H,62,77)(H,78,79)(H,80,81)(H,82,83)(H,84,85)(H,86,87)(H,88,89)(H,90,91)(H,92,93)(H2,64,65,94)(H,63,66,67,68);/t46?,47-,48-;/m0./s1. The van der Waals surface area contributed by atoms with Crippen molar-refractivity contribution in [2.45, 2.75) is 127 Å². The smallest absolute Gasteiger partial charge is 0.326 e. The van der Waals surface area contributed by atoms with Crippen LogP contribution in [-0.2, 0) is 49.6 Å². The largest absolute Gasteiger partial charge is 0.481 e. The van der Waals surface area contributed by atoms with Crippen molar-refractivity contribution in [3.05, 3.63) is 29.8 Å². The van der Waals surface area contributed by atoms with Crippen molar-refractivity contribution in [1.82, 2.24) is 60.3 Å². The average molecular weight is 1500 g/mol. The van der Waals surface area contributed by atoms with Crippen molar-refractivity contribution in [2.24, 2.45) is 0 Å². The van der Waals surface area contributed by atoms with Crippen LogP contribution in [0.3, 0.4) is 0 Å². The maximum atomic E-state index is 12.4. The number of rotatable bonds is 41. The molecule has 0 aliphatic carbocycles. The Morgan fingerprint density at radius 2 is 0.895 bits per heavy atom. The van der Waals surface area contributed by atoms with Crippen LogP contribution in [0.2, 0.25) is 0 Å². The number of carboxylic acid groups (broad SMARTS) is 8. The molecule has 539 valence electrons. The van der Waals surface area contributed by atoms with E-state index in [1.165, 1.54) is 0 Å². The molecular formula is C61H97LuN15O18. The summed E-state index contributed by atoms with van der Waals surface area (Å²) in [5.74, 6) is -7.91. The Bertz CT molecular complexity index is 2760. The van der Waals surface area contributed by atoms with E-state index in [4.69, 9.17) is 20.1 Å². The Morgan fingerprint density at radius 1 is 0.442 bits per heavy atom. The number of unbranched alkanes of at least 4 members (excludes halogenated alkanes) is 8. The zero-order valence-corrected chi connectivity index (χ0v) is 55.6. The fourth-order valence-corrected chi connectivity index (χ4v) is 11.6. The van der Waals surface area contributed by atoms with Crippen molar-refractivity contribution in [3.63, 3.8) is 0 Å². The van der Waals surface area contributed by atoms with Gasteiger partial charge in [-0.15, -0.1) is 0 Å². The molecule has 3 atom stereocenters.